The van der Waals surface area contributed by atoms with Crippen molar-refractivity contribution in [3.05, 3.63) is 48.0 Å². The van der Waals surface area contributed by atoms with E-state index in [1.54, 1.807) is 18.2 Å². The number of benzene rings is 2. The fourth-order valence-corrected chi connectivity index (χ4v) is 4.96. The highest BCUT2D eigenvalue weighted by molar-refractivity contribution is 7.92. The number of sulfonamides is 1. The van der Waals surface area contributed by atoms with E-state index in [0.717, 1.165) is 28.4 Å². The van der Waals surface area contributed by atoms with Crippen LogP contribution in [0.1, 0.15) is 10.4 Å². The molecule has 10 heteroatoms. The lowest BCUT2D eigenvalue weighted by Crippen LogP contribution is -2.36. The molecule has 28 heavy (non-hydrogen) atoms. The Morgan fingerprint density at radius 3 is 2.54 bits per heavy atom. The zero-order valence-electron chi connectivity index (χ0n) is 14.7. The molecular formula is C18H17N3O5S2. The molecule has 1 aliphatic heterocycles. The number of carboxylic acid groups (broad SMARTS) is 1. The Balaban J connectivity index is 1.57. The molecule has 0 unspecified atom stereocenters. The van der Waals surface area contributed by atoms with Gasteiger partial charge in [-0.1, -0.05) is 11.3 Å². The number of hydrogen-bond acceptors (Lipinski definition) is 7. The summed E-state index contributed by atoms with van der Waals surface area (Å²) in [5.74, 6) is -1.11. The molecule has 0 amide bonds. The molecule has 0 atom stereocenters. The lowest BCUT2D eigenvalue weighted by molar-refractivity contribution is 0.0696. The van der Waals surface area contributed by atoms with Crippen molar-refractivity contribution in [2.45, 2.75) is 4.90 Å². The first-order valence-electron chi connectivity index (χ1n) is 8.52. The van der Waals surface area contributed by atoms with Gasteiger partial charge < -0.3 is 14.7 Å². The largest absolute Gasteiger partial charge is 0.478 e. The van der Waals surface area contributed by atoms with Gasteiger partial charge in [0.2, 0.25) is 0 Å². The molecule has 0 aliphatic carbocycles. The molecule has 0 bridgehead atoms. The zero-order chi connectivity index (χ0) is 19.7. The van der Waals surface area contributed by atoms with Gasteiger partial charge in [-0.15, -0.1) is 0 Å². The van der Waals surface area contributed by atoms with Crippen LogP contribution in [0.25, 0.3) is 10.2 Å². The summed E-state index contributed by atoms with van der Waals surface area (Å²) in [5, 5.41) is 9.82. The molecule has 1 aliphatic rings. The molecule has 0 radical (unpaired) electrons. The standard InChI is InChI=1S/C18H17N3O5S2/c22-17(23)12-1-4-14(5-2-12)28(24,25)20-13-3-6-15-16(11-13)27-18(19-15)21-7-9-26-10-8-21/h1-6,11,20H,7-10H2,(H,22,23). The molecule has 0 saturated carbocycles. The van der Waals surface area contributed by atoms with E-state index in [1.807, 2.05) is 0 Å². The summed E-state index contributed by atoms with van der Waals surface area (Å²) in [4.78, 5) is 17.7. The lowest BCUT2D eigenvalue weighted by atomic mass is 10.2. The van der Waals surface area contributed by atoms with Crippen LogP contribution >= 0.6 is 11.3 Å². The zero-order valence-corrected chi connectivity index (χ0v) is 16.3. The van der Waals surface area contributed by atoms with Crippen molar-refractivity contribution in [2.24, 2.45) is 0 Å². The van der Waals surface area contributed by atoms with Gasteiger partial charge >= 0.3 is 5.97 Å². The van der Waals surface area contributed by atoms with E-state index < -0.39 is 16.0 Å². The smallest absolute Gasteiger partial charge is 0.335 e. The number of morpholine rings is 1. The molecule has 4 rings (SSSR count). The molecule has 8 nitrogen and oxygen atoms in total. The number of hydrogen-bond donors (Lipinski definition) is 2. The first-order chi connectivity index (χ1) is 13.4. The molecule has 2 aromatic carbocycles. The van der Waals surface area contributed by atoms with E-state index in [0.29, 0.717) is 18.9 Å². The van der Waals surface area contributed by atoms with Crippen molar-refractivity contribution in [2.75, 3.05) is 35.9 Å². The molecular weight excluding hydrogens is 402 g/mol. The van der Waals surface area contributed by atoms with E-state index in [4.69, 9.17) is 9.84 Å². The lowest BCUT2D eigenvalue weighted by Gasteiger charge is -2.25. The van der Waals surface area contributed by atoms with Gasteiger partial charge in [0.05, 0.1) is 39.6 Å². The van der Waals surface area contributed by atoms with Gasteiger partial charge in [-0.05, 0) is 42.5 Å². The summed E-state index contributed by atoms with van der Waals surface area (Å²) in [5.41, 5.74) is 1.26. The Labute approximate surface area is 165 Å². The number of nitrogens with one attached hydrogen (secondary N) is 1. The number of nitrogens with zero attached hydrogens (tertiary/aromatic N) is 2. The predicted molar refractivity (Wildman–Crippen MR) is 107 cm³/mol. The summed E-state index contributed by atoms with van der Waals surface area (Å²) in [6.07, 6.45) is 0. The Kier molecular flexibility index (Phi) is 4.92. The van der Waals surface area contributed by atoms with Crippen LogP contribution in [0.15, 0.2) is 47.4 Å². The second-order valence-electron chi connectivity index (χ2n) is 6.21. The molecule has 3 aromatic rings. The summed E-state index contributed by atoms with van der Waals surface area (Å²) >= 11 is 1.50. The van der Waals surface area contributed by atoms with Crippen molar-refractivity contribution in [3.63, 3.8) is 0 Å². The van der Waals surface area contributed by atoms with Gasteiger partial charge in [0, 0.05) is 13.1 Å². The van der Waals surface area contributed by atoms with Crippen LogP contribution in [0.5, 0.6) is 0 Å². The van der Waals surface area contributed by atoms with Gasteiger partial charge in [0.15, 0.2) is 5.13 Å². The first-order valence-corrected chi connectivity index (χ1v) is 10.8. The maximum Gasteiger partial charge on any atom is 0.335 e. The Morgan fingerprint density at radius 1 is 1.14 bits per heavy atom. The van der Waals surface area contributed by atoms with E-state index in [2.05, 4.69) is 14.6 Å². The fourth-order valence-electron chi connectivity index (χ4n) is 2.86. The Morgan fingerprint density at radius 2 is 1.86 bits per heavy atom. The van der Waals surface area contributed by atoms with Gasteiger partial charge in [-0.2, -0.15) is 0 Å². The van der Waals surface area contributed by atoms with Crippen LogP contribution in [0, 0.1) is 0 Å². The molecule has 1 aromatic heterocycles. The highest BCUT2D eigenvalue weighted by Crippen LogP contribution is 2.31. The average molecular weight is 419 g/mol. The number of carboxylic acids is 1. The van der Waals surface area contributed by atoms with Crippen molar-refractivity contribution in [1.29, 1.82) is 0 Å². The van der Waals surface area contributed by atoms with Crippen LogP contribution in [0.4, 0.5) is 10.8 Å². The molecule has 2 heterocycles. The predicted octanol–water partition coefficient (Wildman–Crippen LogP) is 2.63. The Bertz CT molecular complexity index is 1120. The second kappa shape index (κ2) is 7.38. The molecule has 1 fully saturated rings. The topological polar surface area (TPSA) is 109 Å². The maximum absolute atomic E-state index is 12.6. The van der Waals surface area contributed by atoms with Crippen molar-refractivity contribution < 1.29 is 23.1 Å². The number of fused-ring (bicyclic) bond motifs is 1. The molecule has 2 N–H and O–H groups in total. The minimum Gasteiger partial charge on any atom is -0.478 e. The van der Waals surface area contributed by atoms with Crippen molar-refractivity contribution >= 4 is 48.4 Å². The number of thiazole rings is 1. The number of ether oxygens (including phenoxy) is 1. The summed E-state index contributed by atoms with van der Waals surface area (Å²) < 4.78 is 33.9. The van der Waals surface area contributed by atoms with Gasteiger partial charge in [-0.25, -0.2) is 18.2 Å². The first kappa shape index (κ1) is 18.7. The maximum atomic E-state index is 12.6. The highest BCUT2D eigenvalue weighted by atomic mass is 32.2. The van der Waals surface area contributed by atoms with Crippen molar-refractivity contribution in [1.82, 2.24) is 4.98 Å². The van der Waals surface area contributed by atoms with E-state index >= 15 is 0 Å². The monoisotopic (exact) mass is 419 g/mol. The van der Waals surface area contributed by atoms with Crippen molar-refractivity contribution in [3.8, 4) is 0 Å². The number of carbonyl (C=O) groups is 1. The fraction of sp³-hybridized carbons (Fsp3) is 0.222. The van der Waals surface area contributed by atoms with Crippen LogP contribution < -0.4 is 9.62 Å². The minimum atomic E-state index is -3.82. The van der Waals surface area contributed by atoms with Crippen LogP contribution in [0.3, 0.4) is 0 Å². The third kappa shape index (κ3) is 3.79. The molecule has 146 valence electrons. The average Bonchev–Trinajstić information content (AvgIpc) is 3.12. The summed E-state index contributed by atoms with van der Waals surface area (Å²) in [6, 6.07) is 10.3. The van der Waals surface area contributed by atoms with Crippen LogP contribution in [0.2, 0.25) is 0 Å². The number of aromatic nitrogens is 1. The number of rotatable bonds is 5. The second-order valence-corrected chi connectivity index (χ2v) is 8.90. The van der Waals surface area contributed by atoms with Crippen LogP contribution in [-0.4, -0.2) is 50.8 Å². The quantitative estimate of drug-likeness (QED) is 0.654. The number of aromatic carboxylic acids is 1. The summed E-state index contributed by atoms with van der Waals surface area (Å²) in [7, 11) is -3.82. The van der Waals surface area contributed by atoms with Gasteiger partial charge in [-0.3, -0.25) is 4.72 Å². The minimum absolute atomic E-state index is 0.00379. The molecule has 1 saturated heterocycles. The SMILES string of the molecule is O=C(O)c1ccc(S(=O)(=O)Nc2ccc3nc(N4CCOCC4)sc3c2)cc1. The van der Waals surface area contributed by atoms with E-state index in [-0.39, 0.29) is 10.5 Å². The Hall–Kier alpha value is -2.69. The summed E-state index contributed by atoms with van der Waals surface area (Å²) in [6.45, 7) is 2.90. The van der Waals surface area contributed by atoms with Crippen LogP contribution in [-0.2, 0) is 14.8 Å². The van der Waals surface area contributed by atoms with Gasteiger partial charge in [0.25, 0.3) is 10.0 Å². The van der Waals surface area contributed by atoms with E-state index in [1.165, 1.54) is 35.6 Å². The van der Waals surface area contributed by atoms with E-state index in [9.17, 15) is 13.2 Å². The number of anilines is 2. The molecule has 0 spiro atoms. The highest BCUT2D eigenvalue weighted by Gasteiger charge is 2.18. The third-order valence-corrected chi connectivity index (χ3v) is 6.80. The normalized spacial score (nSPS) is 14.9. The third-order valence-electron chi connectivity index (χ3n) is 4.32. The van der Waals surface area contributed by atoms with Gasteiger partial charge in [0.1, 0.15) is 0 Å².